The van der Waals surface area contributed by atoms with E-state index in [1.54, 1.807) is 0 Å². The minimum Gasteiger partial charge on any atom is -0.395 e. The number of aliphatic hydroxyl groups excluding tert-OH is 2. The van der Waals surface area contributed by atoms with Gasteiger partial charge >= 0.3 is 0 Å². The summed E-state index contributed by atoms with van der Waals surface area (Å²) in [7, 11) is -0.983. The Morgan fingerprint density at radius 3 is 1.69 bits per heavy atom. The number of rotatable bonds is 7. The Labute approximate surface area is 82.4 Å². The average Bonchev–Trinajstić information content (AvgIpc) is 2.00. The molecule has 0 bridgehead atoms. The monoisotopic (exact) mass is 205 g/mol. The van der Waals surface area contributed by atoms with Crippen LogP contribution in [0.1, 0.15) is 0 Å². The Morgan fingerprint density at radius 1 is 0.923 bits per heavy atom. The highest BCUT2D eigenvalue weighted by molar-refractivity contribution is 6.76. The van der Waals surface area contributed by atoms with Crippen LogP contribution < -0.4 is 0 Å². The largest absolute Gasteiger partial charge is 0.395 e. The second-order valence-electron chi connectivity index (χ2n) is 4.60. The fourth-order valence-electron chi connectivity index (χ4n) is 1.11. The van der Waals surface area contributed by atoms with Crippen molar-refractivity contribution in [2.75, 3.05) is 32.8 Å². The minimum absolute atomic E-state index is 0.186. The molecule has 13 heavy (non-hydrogen) atoms. The van der Waals surface area contributed by atoms with Gasteiger partial charge in [0.05, 0.1) is 13.2 Å². The van der Waals surface area contributed by atoms with Gasteiger partial charge in [0.25, 0.3) is 0 Å². The lowest BCUT2D eigenvalue weighted by Crippen LogP contribution is -2.34. The molecule has 0 aliphatic rings. The molecule has 0 fully saturated rings. The van der Waals surface area contributed by atoms with Crippen molar-refractivity contribution in [2.24, 2.45) is 0 Å². The summed E-state index contributed by atoms with van der Waals surface area (Å²) < 4.78 is 0. The molecule has 0 aromatic carbocycles. The van der Waals surface area contributed by atoms with Crippen molar-refractivity contribution in [3.63, 3.8) is 0 Å². The first-order valence-electron chi connectivity index (χ1n) is 4.93. The molecular weight excluding hydrogens is 182 g/mol. The van der Waals surface area contributed by atoms with E-state index in [0.29, 0.717) is 13.1 Å². The Balaban J connectivity index is 3.68. The van der Waals surface area contributed by atoms with Crippen LogP contribution in [0.15, 0.2) is 0 Å². The lowest BCUT2D eigenvalue weighted by atomic mass is 10.5. The van der Waals surface area contributed by atoms with Crippen LogP contribution in [0.5, 0.6) is 0 Å². The third kappa shape index (κ3) is 8.43. The van der Waals surface area contributed by atoms with Crippen LogP contribution in [0, 0.1) is 0 Å². The minimum atomic E-state index is -0.983. The molecule has 0 aromatic rings. The van der Waals surface area contributed by atoms with Crippen LogP contribution in [0.3, 0.4) is 0 Å². The number of hydrogen-bond acceptors (Lipinski definition) is 3. The average molecular weight is 205 g/mol. The SMILES string of the molecule is C[Si](C)(C)CCN(CCO)CCO. The molecule has 0 rings (SSSR count). The van der Waals surface area contributed by atoms with Crippen LogP contribution in [0.2, 0.25) is 25.7 Å². The Hall–Kier alpha value is 0.0969. The van der Waals surface area contributed by atoms with Crippen LogP contribution in [0.25, 0.3) is 0 Å². The van der Waals surface area contributed by atoms with E-state index < -0.39 is 8.07 Å². The molecule has 0 radical (unpaired) electrons. The predicted molar refractivity (Wildman–Crippen MR) is 58.8 cm³/mol. The molecule has 0 unspecified atom stereocenters. The molecule has 0 saturated heterocycles. The Morgan fingerprint density at radius 2 is 1.38 bits per heavy atom. The third-order valence-electron chi connectivity index (χ3n) is 2.01. The van der Waals surface area contributed by atoms with E-state index in [0.717, 1.165) is 6.54 Å². The first-order valence-corrected chi connectivity index (χ1v) is 8.64. The van der Waals surface area contributed by atoms with Crippen molar-refractivity contribution in [1.29, 1.82) is 0 Å². The van der Waals surface area contributed by atoms with Gasteiger partial charge in [-0.3, -0.25) is 4.90 Å². The number of hydrogen-bond donors (Lipinski definition) is 2. The van der Waals surface area contributed by atoms with Crippen molar-refractivity contribution < 1.29 is 10.2 Å². The molecule has 0 saturated carbocycles. The predicted octanol–water partition coefficient (Wildman–Crippen LogP) is 0.611. The zero-order valence-electron chi connectivity index (χ0n) is 9.08. The van der Waals surface area contributed by atoms with Gasteiger partial charge in [-0.1, -0.05) is 19.6 Å². The van der Waals surface area contributed by atoms with Crippen molar-refractivity contribution in [3.05, 3.63) is 0 Å². The van der Waals surface area contributed by atoms with Crippen LogP contribution in [-0.2, 0) is 0 Å². The van der Waals surface area contributed by atoms with E-state index in [1.807, 2.05) is 0 Å². The number of nitrogens with zero attached hydrogens (tertiary/aromatic N) is 1. The molecule has 0 aliphatic heterocycles. The van der Waals surface area contributed by atoms with E-state index in [2.05, 4.69) is 24.5 Å². The van der Waals surface area contributed by atoms with E-state index in [4.69, 9.17) is 10.2 Å². The summed E-state index contributed by atoms with van der Waals surface area (Å²) in [5.74, 6) is 0. The number of aliphatic hydroxyl groups is 2. The Bertz CT molecular complexity index is 119. The van der Waals surface area contributed by atoms with Gasteiger partial charge in [0.1, 0.15) is 0 Å². The van der Waals surface area contributed by atoms with E-state index >= 15 is 0 Å². The zero-order valence-corrected chi connectivity index (χ0v) is 10.1. The maximum absolute atomic E-state index is 8.78. The summed E-state index contributed by atoms with van der Waals surface area (Å²) in [6, 6.07) is 1.23. The van der Waals surface area contributed by atoms with Crippen molar-refractivity contribution in [1.82, 2.24) is 4.90 Å². The fourth-order valence-corrected chi connectivity index (χ4v) is 2.10. The van der Waals surface area contributed by atoms with E-state index in [-0.39, 0.29) is 13.2 Å². The molecule has 3 nitrogen and oxygen atoms in total. The highest BCUT2D eigenvalue weighted by Gasteiger charge is 2.14. The lowest BCUT2D eigenvalue weighted by Gasteiger charge is -2.24. The molecule has 0 heterocycles. The molecule has 80 valence electrons. The molecule has 0 spiro atoms. The van der Waals surface area contributed by atoms with Gasteiger partial charge in [0.15, 0.2) is 0 Å². The molecular formula is C9H23NO2Si. The van der Waals surface area contributed by atoms with Gasteiger partial charge in [-0.2, -0.15) is 0 Å². The van der Waals surface area contributed by atoms with Gasteiger partial charge in [0, 0.05) is 21.2 Å². The van der Waals surface area contributed by atoms with Crippen LogP contribution in [-0.4, -0.2) is 56.0 Å². The van der Waals surface area contributed by atoms with Crippen LogP contribution in [0.4, 0.5) is 0 Å². The molecule has 4 heteroatoms. The van der Waals surface area contributed by atoms with Gasteiger partial charge in [-0.05, 0) is 12.6 Å². The zero-order chi connectivity index (χ0) is 10.3. The standard InChI is InChI=1S/C9H23NO2Si/c1-13(2,3)9-6-10(4-7-11)5-8-12/h11-12H,4-9H2,1-3H3. The first kappa shape index (κ1) is 13.1. The van der Waals surface area contributed by atoms with Crippen molar-refractivity contribution in [3.8, 4) is 0 Å². The summed E-state index contributed by atoms with van der Waals surface area (Å²) in [4.78, 5) is 2.12. The topological polar surface area (TPSA) is 43.7 Å². The molecule has 0 aromatic heterocycles. The molecule has 0 amide bonds. The van der Waals surface area contributed by atoms with E-state index in [1.165, 1.54) is 6.04 Å². The maximum atomic E-state index is 8.78. The summed E-state index contributed by atoms with van der Waals surface area (Å²) in [6.07, 6.45) is 0. The molecule has 0 aliphatic carbocycles. The van der Waals surface area contributed by atoms with Gasteiger partial charge in [-0.15, -0.1) is 0 Å². The Kier molecular flexibility index (Phi) is 6.58. The summed E-state index contributed by atoms with van der Waals surface area (Å²) in [6.45, 7) is 9.76. The summed E-state index contributed by atoms with van der Waals surface area (Å²) in [5, 5.41) is 17.6. The molecule has 2 N–H and O–H groups in total. The highest BCUT2D eigenvalue weighted by atomic mass is 28.3. The normalized spacial score (nSPS) is 12.5. The third-order valence-corrected chi connectivity index (χ3v) is 3.73. The summed E-state index contributed by atoms with van der Waals surface area (Å²) >= 11 is 0. The maximum Gasteiger partial charge on any atom is 0.0558 e. The second-order valence-corrected chi connectivity index (χ2v) is 10.2. The first-order chi connectivity index (χ1) is 5.99. The van der Waals surface area contributed by atoms with Gasteiger partial charge in [-0.25, -0.2) is 0 Å². The van der Waals surface area contributed by atoms with Gasteiger partial charge < -0.3 is 10.2 Å². The smallest absolute Gasteiger partial charge is 0.0558 e. The lowest BCUT2D eigenvalue weighted by molar-refractivity contribution is 0.166. The highest BCUT2D eigenvalue weighted by Crippen LogP contribution is 2.08. The second kappa shape index (κ2) is 6.54. The van der Waals surface area contributed by atoms with Crippen molar-refractivity contribution >= 4 is 8.07 Å². The quantitative estimate of drug-likeness (QED) is 0.599. The molecule has 0 atom stereocenters. The fraction of sp³-hybridized carbons (Fsp3) is 1.00. The van der Waals surface area contributed by atoms with Gasteiger partial charge in [0.2, 0.25) is 0 Å². The van der Waals surface area contributed by atoms with Crippen LogP contribution >= 0.6 is 0 Å². The van der Waals surface area contributed by atoms with E-state index in [9.17, 15) is 0 Å². The van der Waals surface area contributed by atoms with Crippen molar-refractivity contribution in [2.45, 2.75) is 25.7 Å². The summed E-state index contributed by atoms with van der Waals surface area (Å²) in [5.41, 5.74) is 0.